The zero-order valence-corrected chi connectivity index (χ0v) is 21.6. The third-order valence-corrected chi connectivity index (χ3v) is 6.35. The number of carbonyl (C=O) groups is 1. The summed E-state index contributed by atoms with van der Waals surface area (Å²) in [7, 11) is 1.59. The Morgan fingerprint density at radius 2 is 1.77 bits per heavy atom. The zero-order chi connectivity index (χ0) is 27.5. The predicted octanol–water partition coefficient (Wildman–Crippen LogP) is 4.08. The van der Waals surface area contributed by atoms with Gasteiger partial charge in [-0.15, -0.1) is 0 Å². The molecule has 0 radical (unpaired) electrons. The van der Waals surface area contributed by atoms with E-state index in [9.17, 15) is 14.7 Å². The largest absolute Gasteiger partial charge is 0.497 e. The lowest BCUT2D eigenvalue weighted by Crippen LogP contribution is -2.30. The van der Waals surface area contributed by atoms with Crippen molar-refractivity contribution in [3.05, 3.63) is 106 Å². The monoisotopic (exact) mass is 525 g/mol. The number of nitrogens with zero attached hydrogens (tertiary/aromatic N) is 5. The number of aromatic nitrogens is 5. The molecule has 0 bridgehead atoms. The van der Waals surface area contributed by atoms with Gasteiger partial charge in [0.05, 0.1) is 18.8 Å². The lowest BCUT2D eigenvalue weighted by molar-refractivity contribution is 0.0698. The standard InChI is InChI=1S/C28H27N7O4/c1-17-13-14-34-23(17)27(36)35(20-7-5-4-6-8-20)26(33-34)18(2)32-25-22(28(37)38)24(30-16-31-25)29-15-19-9-11-21(39-3)12-10-19/h4-14,16,18H,15H2,1-3H3,(H,37,38)(H2,29,30,31,32)/t18-/m0/s1. The lowest BCUT2D eigenvalue weighted by Gasteiger charge is -2.21. The van der Waals surface area contributed by atoms with Crippen molar-refractivity contribution in [1.29, 1.82) is 0 Å². The Hall–Kier alpha value is -5.19. The first-order valence-corrected chi connectivity index (χ1v) is 12.2. The molecule has 2 aromatic carbocycles. The molecule has 1 atom stereocenters. The molecule has 0 aliphatic rings. The molecule has 0 aliphatic carbocycles. The molecule has 0 saturated carbocycles. The maximum absolute atomic E-state index is 13.6. The third kappa shape index (κ3) is 5.01. The quantitative estimate of drug-likeness (QED) is 0.260. The number of anilines is 2. The molecular weight excluding hydrogens is 498 g/mol. The number of carboxylic acid groups (broad SMARTS) is 1. The highest BCUT2D eigenvalue weighted by Crippen LogP contribution is 2.26. The second-order valence-corrected chi connectivity index (χ2v) is 8.94. The molecule has 0 unspecified atom stereocenters. The number of fused-ring (bicyclic) bond motifs is 1. The van der Waals surface area contributed by atoms with Crippen molar-refractivity contribution in [2.75, 3.05) is 17.7 Å². The zero-order valence-electron chi connectivity index (χ0n) is 21.6. The first kappa shape index (κ1) is 25.5. The first-order chi connectivity index (χ1) is 18.9. The second kappa shape index (κ2) is 10.7. The van der Waals surface area contributed by atoms with Gasteiger partial charge in [0.2, 0.25) is 0 Å². The summed E-state index contributed by atoms with van der Waals surface area (Å²) in [5, 5.41) is 21.0. The van der Waals surface area contributed by atoms with E-state index in [-0.39, 0.29) is 22.8 Å². The number of aryl methyl sites for hydroxylation is 1. The lowest BCUT2D eigenvalue weighted by atomic mass is 10.2. The Kier molecular flexibility index (Phi) is 6.96. The van der Waals surface area contributed by atoms with Gasteiger partial charge in [-0.1, -0.05) is 30.3 Å². The minimum absolute atomic E-state index is 0.0971. The molecule has 5 rings (SSSR count). The SMILES string of the molecule is COc1ccc(CNc2ncnc(N[C@@H](C)c3nn4ccc(C)c4c(=O)n3-c3ccccc3)c2C(=O)O)cc1. The average molecular weight is 526 g/mol. The van der Waals surface area contributed by atoms with Crippen molar-refractivity contribution in [2.24, 2.45) is 0 Å². The summed E-state index contributed by atoms with van der Waals surface area (Å²) in [5.74, 6) is 0.167. The number of methoxy groups -OCH3 is 1. The van der Waals surface area contributed by atoms with Gasteiger partial charge in [0.25, 0.3) is 5.56 Å². The van der Waals surface area contributed by atoms with Crippen molar-refractivity contribution >= 4 is 23.1 Å². The molecule has 0 saturated heterocycles. The van der Waals surface area contributed by atoms with Crippen LogP contribution in [0.4, 0.5) is 11.6 Å². The molecule has 0 amide bonds. The van der Waals surface area contributed by atoms with Gasteiger partial charge in [-0.05, 0) is 55.3 Å². The van der Waals surface area contributed by atoms with Crippen LogP contribution in [-0.4, -0.2) is 42.3 Å². The molecule has 3 aromatic heterocycles. The number of rotatable bonds is 9. The van der Waals surface area contributed by atoms with Gasteiger partial charge >= 0.3 is 5.97 Å². The molecule has 0 aliphatic heterocycles. The van der Waals surface area contributed by atoms with Crippen molar-refractivity contribution in [3.8, 4) is 11.4 Å². The summed E-state index contributed by atoms with van der Waals surface area (Å²) < 4.78 is 8.26. The normalized spacial score (nSPS) is 11.8. The summed E-state index contributed by atoms with van der Waals surface area (Å²) in [6.07, 6.45) is 3.01. The summed E-state index contributed by atoms with van der Waals surface area (Å²) in [6, 6.07) is 17.8. The van der Waals surface area contributed by atoms with Crippen LogP contribution in [0, 0.1) is 6.92 Å². The van der Waals surface area contributed by atoms with Gasteiger partial charge in [0, 0.05) is 12.7 Å². The van der Waals surface area contributed by atoms with Gasteiger partial charge in [-0.2, -0.15) is 5.10 Å². The van der Waals surface area contributed by atoms with Crippen LogP contribution in [0.1, 0.15) is 40.3 Å². The van der Waals surface area contributed by atoms with E-state index in [1.165, 1.54) is 10.9 Å². The van der Waals surface area contributed by atoms with E-state index in [4.69, 9.17) is 9.84 Å². The van der Waals surface area contributed by atoms with Crippen LogP contribution in [0.3, 0.4) is 0 Å². The number of aromatic carboxylic acids is 1. The topological polar surface area (TPSA) is 136 Å². The fourth-order valence-corrected chi connectivity index (χ4v) is 4.37. The smallest absolute Gasteiger partial charge is 0.343 e. The van der Waals surface area contributed by atoms with E-state index < -0.39 is 12.0 Å². The van der Waals surface area contributed by atoms with E-state index in [0.717, 1.165) is 16.9 Å². The molecule has 198 valence electrons. The fourth-order valence-electron chi connectivity index (χ4n) is 4.37. The number of nitrogens with one attached hydrogen (secondary N) is 2. The third-order valence-electron chi connectivity index (χ3n) is 6.35. The van der Waals surface area contributed by atoms with Crippen LogP contribution >= 0.6 is 0 Å². The molecule has 39 heavy (non-hydrogen) atoms. The van der Waals surface area contributed by atoms with Gasteiger partial charge in [-0.3, -0.25) is 9.36 Å². The van der Waals surface area contributed by atoms with E-state index in [1.807, 2.05) is 67.6 Å². The van der Waals surface area contributed by atoms with Crippen LogP contribution in [0.2, 0.25) is 0 Å². The molecule has 3 N–H and O–H groups in total. The molecule has 0 spiro atoms. The molecular formula is C28H27N7O4. The summed E-state index contributed by atoms with van der Waals surface area (Å²) >= 11 is 0. The maximum Gasteiger partial charge on any atom is 0.343 e. The number of hydrogen-bond donors (Lipinski definition) is 3. The molecule has 0 fully saturated rings. The Morgan fingerprint density at radius 3 is 2.46 bits per heavy atom. The van der Waals surface area contributed by atoms with Crippen LogP contribution in [-0.2, 0) is 6.54 Å². The number of ether oxygens (including phenoxy) is 1. The number of carboxylic acids is 1. The Morgan fingerprint density at radius 1 is 1.05 bits per heavy atom. The summed E-state index contributed by atoms with van der Waals surface area (Å²) in [6.45, 7) is 3.99. The van der Waals surface area contributed by atoms with Crippen LogP contribution in [0.5, 0.6) is 5.75 Å². The minimum atomic E-state index is -1.20. The van der Waals surface area contributed by atoms with E-state index in [1.54, 1.807) is 24.7 Å². The molecule has 11 heteroatoms. The number of para-hydroxylation sites is 1. The minimum Gasteiger partial charge on any atom is -0.497 e. The van der Waals surface area contributed by atoms with Crippen LogP contribution < -0.4 is 20.9 Å². The van der Waals surface area contributed by atoms with Crippen LogP contribution in [0.15, 0.2) is 78.0 Å². The molecule has 3 heterocycles. The van der Waals surface area contributed by atoms with E-state index in [0.29, 0.717) is 23.6 Å². The summed E-state index contributed by atoms with van der Waals surface area (Å²) in [5.41, 5.74) is 2.48. The van der Waals surface area contributed by atoms with E-state index >= 15 is 0 Å². The average Bonchev–Trinajstić information content (AvgIpc) is 3.33. The summed E-state index contributed by atoms with van der Waals surface area (Å²) in [4.78, 5) is 34.3. The van der Waals surface area contributed by atoms with Gasteiger partial charge in [0.15, 0.2) is 5.82 Å². The fraction of sp³-hybridized carbons (Fsp3) is 0.179. The van der Waals surface area contributed by atoms with Gasteiger partial charge < -0.3 is 20.5 Å². The number of hydrogen-bond acceptors (Lipinski definition) is 8. The van der Waals surface area contributed by atoms with Crippen molar-refractivity contribution in [2.45, 2.75) is 26.4 Å². The highest BCUT2D eigenvalue weighted by atomic mass is 16.5. The van der Waals surface area contributed by atoms with Crippen molar-refractivity contribution < 1.29 is 14.6 Å². The van der Waals surface area contributed by atoms with E-state index in [2.05, 4.69) is 20.6 Å². The van der Waals surface area contributed by atoms with Crippen molar-refractivity contribution in [3.63, 3.8) is 0 Å². The molecule has 11 nitrogen and oxygen atoms in total. The van der Waals surface area contributed by atoms with Crippen molar-refractivity contribution in [1.82, 2.24) is 24.1 Å². The molecule has 5 aromatic rings. The van der Waals surface area contributed by atoms with Gasteiger partial charge in [0.1, 0.15) is 34.8 Å². The predicted molar refractivity (Wildman–Crippen MR) is 147 cm³/mol. The highest BCUT2D eigenvalue weighted by molar-refractivity contribution is 5.98. The highest BCUT2D eigenvalue weighted by Gasteiger charge is 2.24. The Labute approximate surface area is 223 Å². The Balaban J connectivity index is 1.51. The van der Waals surface area contributed by atoms with Crippen LogP contribution in [0.25, 0.3) is 11.2 Å². The number of benzene rings is 2. The second-order valence-electron chi connectivity index (χ2n) is 8.94. The maximum atomic E-state index is 13.6. The first-order valence-electron chi connectivity index (χ1n) is 12.2. The van der Waals surface area contributed by atoms with Gasteiger partial charge in [-0.25, -0.2) is 19.3 Å². The Bertz CT molecular complexity index is 1700.